The van der Waals surface area contributed by atoms with E-state index in [9.17, 15) is 9.59 Å². The van der Waals surface area contributed by atoms with Crippen LogP contribution in [0.5, 0.6) is 5.75 Å². The summed E-state index contributed by atoms with van der Waals surface area (Å²) in [6.07, 6.45) is 2.97. The van der Waals surface area contributed by atoms with Crippen molar-refractivity contribution in [3.63, 3.8) is 0 Å². The zero-order valence-corrected chi connectivity index (χ0v) is 17.6. The van der Waals surface area contributed by atoms with E-state index in [4.69, 9.17) is 4.74 Å². The van der Waals surface area contributed by atoms with E-state index in [1.807, 2.05) is 56.4 Å². The van der Waals surface area contributed by atoms with Crippen LogP contribution in [0.4, 0.5) is 5.69 Å². The van der Waals surface area contributed by atoms with E-state index in [-0.39, 0.29) is 24.2 Å². The summed E-state index contributed by atoms with van der Waals surface area (Å²) < 4.78 is 5.32. The van der Waals surface area contributed by atoms with Crippen LogP contribution < -0.4 is 10.1 Å². The molecule has 3 aromatic rings. The summed E-state index contributed by atoms with van der Waals surface area (Å²) in [5.41, 5.74) is 5.18. The van der Waals surface area contributed by atoms with E-state index >= 15 is 0 Å². The topological polar surface area (TPSA) is 74.4 Å². The van der Waals surface area contributed by atoms with Gasteiger partial charge in [-0.3, -0.25) is 9.59 Å². The number of amides is 2. The van der Waals surface area contributed by atoms with Crippen molar-refractivity contribution in [2.45, 2.75) is 26.7 Å². The highest BCUT2D eigenvalue weighted by Crippen LogP contribution is 2.26. The fourth-order valence-electron chi connectivity index (χ4n) is 4.10. The lowest BCUT2D eigenvalue weighted by Gasteiger charge is -2.17. The molecule has 0 saturated carbocycles. The lowest BCUT2D eigenvalue weighted by molar-refractivity contribution is -0.128. The van der Waals surface area contributed by atoms with E-state index < -0.39 is 0 Å². The number of aromatic amines is 1. The van der Waals surface area contributed by atoms with Gasteiger partial charge in [-0.2, -0.15) is 0 Å². The van der Waals surface area contributed by atoms with Crippen LogP contribution in [0.25, 0.3) is 10.9 Å². The number of likely N-dealkylation sites (tertiary alicyclic amines) is 1. The van der Waals surface area contributed by atoms with Crippen LogP contribution in [0.2, 0.25) is 0 Å². The summed E-state index contributed by atoms with van der Waals surface area (Å²) in [6, 6.07) is 11.9. The van der Waals surface area contributed by atoms with E-state index in [0.717, 1.165) is 45.5 Å². The number of hydrogen-bond acceptors (Lipinski definition) is 3. The van der Waals surface area contributed by atoms with Crippen LogP contribution in [0.15, 0.2) is 42.6 Å². The van der Waals surface area contributed by atoms with Crippen molar-refractivity contribution in [3.05, 3.63) is 59.3 Å². The van der Waals surface area contributed by atoms with E-state index in [1.165, 1.54) is 0 Å². The lowest BCUT2D eigenvalue weighted by Crippen LogP contribution is -2.30. The molecule has 2 heterocycles. The van der Waals surface area contributed by atoms with Gasteiger partial charge in [-0.1, -0.05) is 17.7 Å². The van der Waals surface area contributed by atoms with E-state index in [0.29, 0.717) is 13.1 Å². The minimum absolute atomic E-state index is 0.0354. The molecule has 6 heteroatoms. The number of nitrogens with one attached hydrogen (secondary N) is 2. The Labute approximate surface area is 176 Å². The Bertz CT molecular complexity index is 1100. The smallest absolute Gasteiger partial charge is 0.229 e. The van der Waals surface area contributed by atoms with Crippen molar-refractivity contribution in [2.75, 3.05) is 25.5 Å². The summed E-state index contributed by atoms with van der Waals surface area (Å²) in [7, 11) is 1.65. The number of aromatic nitrogens is 1. The molecule has 0 radical (unpaired) electrons. The standard InChI is InChI=1S/C24H27N3O3/c1-15-4-6-21(16(2)10-15)26-24(29)18-11-23(28)27(14-18)9-8-17-13-25-22-7-5-19(30-3)12-20(17)22/h4-7,10,12-13,18,25H,8-9,11,14H2,1-3H3,(H,26,29)/t18-/m0/s1. The molecular formula is C24H27N3O3. The molecule has 2 N–H and O–H groups in total. The SMILES string of the molecule is COc1ccc2[nH]cc(CCN3C[C@@H](C(=O)Nc4ccc(C)cc4C)CC3=O)c2c1. The number of aryl methyl sites for hydroxylation is 2. The van der Waals surface area contributed by atoms with Crippen molar-refractivity contribution in [1.82, 2.24) is 9.88 Å². The number of anilines is 1. The largest absolute Gasteiger partial charge is 0.497 e. The van der Waals surface area contributed by atoms with Crippen molar-refractivity contribution in [2.24, 2.45) is 5.92 Å². The van der Waals surface area contributed by atoms with Gasteiger partial charge >= 0.3 is 0 Å². The third kappa shape index (κ3) is 4.03. The molecule has 4 rings (SSSR count). The van der Waals surface area contributed by atoms with Gasteiger partial charge in [-0.25, -0.2) is 0 Å². The molecule has 1 saturated heterocycles. The number of rotatable bonds is 6. The second-order valence-corrected chi connectivity index (χ2v) is 8.02. The fourth-order valence-corrected chi connectivity index (χ4v) is 4.10. The van der Waals surface area contributed by atoms with Gasteiger partial charge < -0.3 is 19.9 Å². The molecule has 2 amide bonds. The molecule has 0 bridgehead atoms. The van der Waals surface area contributed by atoms with E-state index in [1.54, 1.807) is 12.0 Å². The first kappa shape index (κ1) is 20.0. The first-order chi connectivity index (χ1) is 14.4. The number of carbonyl (C=O) groups excluding carboxylic acids is 2. The highest BCUT2D eigenvalue weighted by Gasteiger charge is 2.34. The van der Waals surface area contributed by atoms with Crippen molar-refractivity contribution in [3.8, 4) is 5.75 Å². The Hall–Kier alpha value is -3.28. The Morgan fingerprint density at radius 3 is 2.83 bits per heavy atom. The number of hydrogen-bond donors (Lipinski definition) is 2. The molecule has 1 aromatic heterocycles. The summed E-state index contributed by atoms with van der Waals surface area (Å²) in [6.45, 7) is 5.05. The molecule has 156 valence electrons. The molecule has 1 fully saturated rings. The Kier molecular flexibility index (Phi) is 5.48. The van der Waals surface area contributed by atoms with Gasteiger partial charge in [-0.15, -0.1) is 0 Å². The molecule has 1 atom stereocenters. The number of carbonyl (C=O) groups is 2. The number of ether oxygens (including phenoxy) is 1. The number of benzene rings is 2. The monoisotopic (exact) mass is 405 g/mol. The molecule has 0 unspecified atom stereocenters. The maximum Gasteiger partial charge on any atom is 0.229 e. The van der Waals surface area contributed by atoms with Crippen LogP contribution in [0.3, 0.4) is 0 Å². The van der Waals surface area contributed by atoms with Gasteiger partial charge in [-0.05, 0) is 55.7 Å². The molecular weight excluding hydrogens is 378 g/mol. The molecule has 1 aliphatic rings. The second-order valence-electron chi connectivity index (χ2n) is 8.02. The predicted molar refractivity (Wildman–Crippen MR) is 118 cm³/mol. The Morgan fingerprint density at radius 1 is 1.23 bits per heavy atom. The minimum atomic E-state index is -0.318. The van der Waals surface area contributed by atoms with Gasteiger partial charge in [0.25, 0.3) is 0 Å². The van der Waals surface area contributed by atoms with Gasteiger partial charge in [0.1, 0.15) is 5.75 Å². The highest BCUT2D eigenvalue weighted by atomic mass is 16.5. The third-order valence-corrected chi connectivity index (χ3v) is 5.85. The Morgan fingerprint density at radius 2 is 2.07 bits per heavy atom. The predicted octanol–water partition coefficient (Wildman–Crippen LogP) is 3.82. The van der Waals surface area contributed by atoms with Gasteiger partial charge in [0.15, 0.2) is 0 Å². The molecule has 2 aromatic carbocycles. The minimum Gasteiger partial charge on any atom is -0.497 e. The number of nitrogens with zero attached hydrogens (tertiary/aromatic N) is 1. The number of methoxy groups -OCH3 is 1. The molecule has 30 heavy (non-hydrogen) atoms. The van der Waals surface area contributed by atoms with Crippen LogP contribution in [0, 0.1) is 19.8 Å². The maximum atomic E-state index is 12.7. The van der Waals surface area contributed by atoms with Crippen LogP contribution in [-0.2, 0) is 16.0 Å². The zero-order valence-electron chi connectivity index (χ0n) is 17.6. The quantitative estimate of drug-likeness (QED) is 0.655. The molecule has 1 aliphatic heterocycles. The number of H-pyrrole nitrogens is 1. The van der Waals surface area contributed by atoms with Crippen LogP contribution in [0.1, 0.15) is 23.1 Å². The summed E-state index contributed by atoms with van der Waals surface area (Å²) >= 11 is 0. The Balaban J connectivity index is 1.38. The maximum absolute atomic E-state index is 12.7. The van der Waals surface area contributed by atoms with Crippen molar-refractivity contribution < 1.29 is 14.3 Å². The van der Waals surface area contributed by atoms with Crippen LogP contribution >= 0.6 is 0 Å². The van der Waals surface area contributed by atoms with Gasteiger partial charge in [0, 0.05) is 42.3 Å². The van der Waals surface area contributed by atoms with E-state index in [2.05, 4.69) is 10.3 Å². The molecule has 6 nitrogen and oxygen atoms in total. The molecule has 0 spiro atoms. The second kappa shape index (κ2) is 8.22. The summed E-state index contributed by atoms with van der Waals surface area (Å²) in [5, 5.41) is 4.09. The van der Waals surface area contributed by atoms with Gasteiger partial charge in [0.05, 0.1) is 13.0 Å². The van der Waals surface area contributed by atoms with Gasteiger partial charge in [0.2, 0.25) is 11.8 Å². The first-order valence-corrected chi connectivity index (χ1v) is 10.2. The average molecular weight is 405 g/mol. The zero-order chi connectivity index (χ0) is 21.3. The summed E-state index contributed by atoms with van der Waals surface area (Å²) in [4.78, 5) is 30.3. The lowest BCUT2D eigenvalue weighted by atomic mass is 10.1. The van der Waals surface area contributed by atoms with Crippen LogP contribution in [-0.4, -0.2) is 41.9 Å². The fraction of sp³-hybridized carbons (Fsp3) is 0.333. The van der Waals surface area contributed by atoms with Crippen molar-refractivity contribution >= 4 is 28.4 Å². The third-order valence-electron chi connectivity index (χ3n) is 5.85. The first-order valence-electron chi connectivity index (χ1n) is 10.2. The summed E-state index contributed by atoms with van der Waals surface area (Å²) in [5.74, 6) is 0.438. The molecule has 0 aliphatic carbocycles. The number of fused-ring (bicyclic) bond motifs is 1. The highest BCUT2D eigenvalue weighted by molar-refractivity contribution is 5.97. The normalized spacial score (nSPS) is 16.3. The van der Waals surface area contributed by atoms with Crippen molar-refractivity contribution in [1.29, 1.82) is 0 Å². The average Bonchev–Trinajstić information content (AvgIpc) is 3.31.